The predicted molar refractivity (Wildman–Crippen MR) is 160 cm³/mol. The van der Waals surface area contributed by atoms with E-state index in [4.69, 9.17) is 9.72 Å². The SMILES string of the molecule is Cc1cc(OCc2ccccc2-c2ccc(C(F)(F)F)cc2)ccc1-c1nc2c(n1C1CCCCC1)C=CC(C(=O)O)C2. The molecule has 0 spiro atoms. The van der Waals surface area contributed by atoms with Gasteiger partial charge in [-0.2, -0.15) is 13.2 Å². The number of benzene rings is 3. The van der Waals surface area contributed by atoms with Gasteiger partial charge in [-0.25, -0.2) is 4.98 Å². The van der Waals surface area contributed by atoms with Crippen molar-refractivity contribution in [2.75, 3.05) is 0 Å². The molecule has 0 aliphatic heterocycles. The summed E-state index contributed by atoms with van der Waals surface area (Å²) in [5.74, 6) is 0.129. The molecule has 0 radical (unpaired) electrons. The number of carboxylic acid groups (broad SMARTS) is 1. The molecule has 1 heterocycles. The molecule has 1 unspecified atom stereocenters. The van der Waals surface area contributed by atoms with Crippen LogP contribution in [0.15, 0.2) is 72.8 Å². The van der Waals surface area contributed by atoms with Crippen molar-refractivity contribution in [2.24, 2.45) is 5.92 Å². The molecule has 0 bridgehead atoms. The average Bonchev–Trinajstić information content (AvgIpc) is 3.39. The molecule has 1 fully saturated rings. The van der Waals surface area contributed by atoms with Crippen molar-refractivity contribution in [3.63, 3.8) is 0 Å². The lowest BCUT2D eigenvalue weighted by Crippen LogP contribution is -2.19. The molecule has 5 nitrogen and oxygen atoms in total. The Morgan fingerprint density at radius 3 is 2.44 bits per heavy atom. The van der Waals surface area contributed by atoms with Crippen LogP contribution in [0.5, 0.6) is 5.75 Å². The second kappa shape index (κ2) is 11.7. The summed E-state index contributed by atoms with van der Waals surface area (Å²) in [5.41, 5.74) is 5.51. The maximum absolute atomic E-state index is 13.1. The summed E-state index contributed by atoms with van der Waals surface area (Å²) >= 11 is 0. The van der Waals surface area contributed by atoms with E-state index in [9.17, 15) is 23.1 Å². The minimum Gasteiger partial charge on any atom is -0.489 e. The molecular formula is C35H33F3N2O3. The van der Waals surface area contributed by atoms with E-state index in [-0.39, 0.29) is 6.61 Å². The lowest BCUT2D eigenvalue weighted by atomic mass is 9.93. The van der Waals surface area contributed by atoms with Crippen LogP contribution in [0, 0.1) is 12.8 Å². The fourth-order valence-corrected chi connectivity index (χ4v) is 6.28. The van der Waals surface area contributed by atoms with E-state index in [0.29, 0.717) is 23.8 Å². The smallest absolute Gasteiger partial charge is 0.416 e. The number of rotatable bonds is 7. The molecule has 1 atom stereocenters. The molecule has 0 saturated heterocycles. The van der Waals surface area contributed by atoms with E-state index < -0.39 is 23.6 Å². The minimum absolute atomic E-state index is 0.252. The molecule has 2 aliphatic carbocycles. The number of hydrogen-bond acceptors (Lipinski definition) is 3. The lowest BCUT2D eigenvalue weighted by Gasteiger charge is -2.27. The topological polar surface area (TPSA) is 64.4 Å². The van der Waals surface area contributed by atoms with Crippen LogP contribution < -0.4 is 4.74 Å². The largest absolute Gasteiger partial charge is 0.489 e. The summed E-state index contributed by atoms with van der Waals surface area (Å²) in [6, 6.07) is 18.9. The zero-order valence-corrected chi connectivity index (χ0v) is 23.9. The van der Waals surface area contributed by atoms with Crippen molar-refractivity contribution in [3.05, 3.63) is 101 Å². The first-order chi connectivity index (χ1) is 20.7. The number of imidazole rings is 1. The standard InChI is InChI=1S/C35H33F3N2O3/c1-22-19-28(43-21-25-7-5-6-10-30(25)23-11-14-26(15-12-23)35(36,37)38)16-17-29(22)33-39-31-20-24(34(41)42)13-18-32(31)40(33)27-8-3-2-4-9-27/h5-7,10-19,24,27H,2-4,8-9,20-21H2,1H3,(H,41,42). The average molecular weight is 587 g/mol. The van der Waals surface area contributed by atoms with Crippen LogP contribution in [0.25, 0.3) is 28.6 Å². The molecule has 43 heavy (non-hydrogen) atoms. The molecule has 2 aliphatic rings. The van der Waals surface area contributed by atoms with E-state index in [2.05, 4.69) is 4.57 Å². The highest BCUT2D eigenvalue weighted by Gasteiger charge is 2.31. The number of carbonyl (C=O) groups is 1. The molecule has 8 heteroatoms. The summed E-state index contributed by atoms with van der Waals surface area (Å²) in [4.78, 5) is 16.7. The third-order valence-electron chi connectivity index (χ3n) is 8.55. The van der Waals surface area contributed by atoms with Crippen LogP contribution in [0.4, 0.5) is 13.2 Å². The van der Waals surface area contributed by atoms with Gasteiger partial charge >= 0.3 is 12.1 Å². The number of ether oxygens (including phenoxy) is 1. The van der Waals surface area contributed by atoms with Crippen molar-refractivity contribution in [2.45, 2.75) is 64.3 Å². The summed E-state index contributed by atoms with van der Waals surface area (Å²) in [6.45, 7) is 2.27. The Bertz CT molecular complexity index is 1660. The van der Waals surface area contributed by atoms with Gasteiger partial charge in [0.15, 0.2) is 0 Å². The van der Waals surface area contributed by atoms with Gasteiger partial charge in [0, 0.05) is 18.0 Å². The van der Waals surface area contributed by atoms with Crippen molar-refractivity contribution in [3.8, 4) is 28.3 Å². The second-order valence-corrected chi connectivity index (χ2v) is 11.4. The Morgan fingerprint density at radius 1 is 1.00 bits per heavy atom. The zero-order chi connectivity index (χ0) is 30.1. The van der Waals surface area contributed by atoms with Crippen molar-refractivity contribution in [1.82, 2.24) is 9.55 Å². The van der Waals surface area contributed by atoms with Gasteiger partial charge in [-0.3, -0.25) is 4.79 Å². The van der Waals surface area contributed by atoms with Crippen LogP contribution in [0.3, 0.4) is 0 Å². The van der Waals surface area contributed by atoms with Crippen LogP contribution in [-0.4, -0.2) is 20.6 Å². The predicted octanol–water partition coefficient (Wildman–Crippen LogP) is 8.90. The number of aliphatic carboxylic acids is 1. The molecule has 6 rings (SSSR count). The number of hydrogen-bond donors (Lipinski definition) is 1. The van der Waals surface area contributed by atoms with E-state index in [0.717, 1.165) is 77.3 Å². The van der Waals surface area contributed by atoms with Crippen molar-refractivity contribution < 1.29 is 27.8 Å². The van der Waals surface area contributed by atoms with E-state index >= 15 is 0 Å². The fraction of sp³-hybridized carbons (Fsp3) is 0.314. The van der Waals surface area contributed by atoms with Gasteiger partial charge in [-0.15, -0.1) is 0 Å². The van der Waals surface area contributed by atoms with Crippen molar-refractivity contribution >= 4 is 12.0 Å². The van der Waals surface area contributed by atoms with Gasteiger partial charge in [-0.05, 0) is 78.4 Å². The highest BCUT2D eigenvalue weighted by molar-refractivity contribution is 5.77. The minimum atomic E-state index is -4.38. The van der Waals surface area contributed by atoms with Gasteiger partial charge in [0.1, 0.15) is 18.2 Å². The summed E-state index contributed by atoms with van der Waals surface area (Å²) in [6.07, 6.45) is 5.42. The fourth-order valence-electron chi connectivity index (χ4n) is 6.28. The number of halogens is 3. The maximum Gasteiger partial charge on any atom is 0.416 e. The Kier molecular flexibility index (Phi) is 7.86. The Balaban J connectivity index is 1.26. The number of carboxylic acids is 1. The van der Waals surface area contributed by atoms with Gasteiger partial charge < -0.3 is 14.4 Å². The number of fused-ring (bicyclic) bond motifs is 1. The lowest BCUT2D eigenvalue weighted by molar-refractivity contribution is -0.140. The summed E-state index contributed by atoms with van der Waals surface area (Å²) in [7, 11) is 0. The van der Waals surface area contributed by atoms with Crippen LogP contribution in [0.2, 0.25) is 0 Å². The van der Waals surface area contributed by atoms with Crippen LogP contribution in [-0.2, 0) is 24.0 Å². The van der Waals surface area contributed by atoms with Crippen molar-refractivity contribution in [1.29, 1.82) is 0 Å². The molecule has 4 aromatic rings. The summed E-state index contributed by atoms with van der Waals surface area (Å²) < 4.78 is 47.7. The zero-order valence-electron chi connectivity index (χ0n) is 23.9. The normalized spacial score (nSPS) is 17.1. The molecule has 1 N–H and O–H groups in total. The van der Waals surface area contributed by atoms with E-state index in [1.165, 1.54) is 18.6 Å². The van der Waals surface area contributed by atoms with Gasteiger partial charge in [-0.1, -0.05) is 61.7 Å². The maximum atomic E-state index is 13.1. The quantitative estimate of drug-likeness (QED) is 0.235. The number of aryl methyl sites for hydroxylation is 1. The first-order valence-electron chi connectivity index (χ1n) is 14.7. The second-order valence-electron chi connectivity index (χ2n) is 11.4. The first-order valence-corrected chi connectivity index (χ1v) is 14.7. The number of aromatic nitrogens is 2. The molecule has 0 amide bonds. The Hall–Kier alpha value is -4.33. The molecular weight excluding hydrogens is 553 g/mol. The van der Waals surface area contributed by atoms with E-state index in [1.807, 2.05) is 55.5 Å². The third kappa shape index (κ3) is 5.96. The van der Waals surface area contributed by atoms with Gasteiger partial charge in [0.2, 0.25) is 0 Å². The van der Waals surface area contributed by atoms with Gasteiger partial charge in [0.25, 0.3) is 0 Å². The van der Waals surface area contributed by atoms with Gasteiger partial charge in [0.05, 0.1) is 22.9 Å². The monoisotopic (exact) mass is 586 g/mol. The van der Waals surface area contributed by atoms with Crippen LogP contribution >= 0.6 is 0 Å². The summed E-state index contributed by atoms with van der Waals surface area (Å²) in [5, 5.41) is 9.59. The first kappa shape index (κ1) is 28.8. The molecule has 1 aromatic heterocycles. The Labute approximate surface area is 248 Å². The van der Waals surface area contributed by atoms with Crippen LogP contribution in [0.1, 0.15) is 66.2 Å². The third-order valence-corrected chi connectivity index (χ3v) is 8.55. The highest BCUT2D eigenvalue weighted by Crippen LogP contribution is 2.39. The number of nitrogens with zero attached hydrogens (tertiary/aromatic N) is 2. The van der Waals surface area contributed by atoms with E-state index in [1.54, 1.807) is 6.08 Å². The highest BCUT2D eigenvalue weighted by atomic mass is 19.4. The number of alkyl halides is 3. The molecule has 222 valence electrons. The molecule has 3 aromatic carbocycles. The Morgan fingerprint density at radius 2 is 1.74 bits per heavy atom. The molecule has 1 saturated carbocycles.